The lowest BCUT2D eigenvalue weighted by Gasteiger charge is -2.06. The van der Waals surface area contributed by atoms with Gasteiger partial charge in [-0.1, -0.05) is 6.92 Å². The smallest absolute Gasteiger partial charge is 0.130 e. The van der Waals surface area contributed by atoms with Gasteiger partial charge in [-0.3, -0.25) is 0 Å². The Morgan fingerprint density at radius 2 is 2.07 bits per heavy atom. The van der Waals surface area contributed by atoms with Crippen LogP contribution in [0.15, 0.2) is 16.7 Å². The number of fused-ring (bicyclic) bond motifs is 1. The van der Waals surface area contributed by atoms with Crippen LogP contribution in [0.25, 0.3) is 10.9 Å². The van der Waals surface area contributed by atoms with E-state index in [1.807, 2.05) is 6.92 Å². The van der Waals surface area contributed by atoms with Crippen LogP contribution < -0.4 is 0 Å². The topological polar surface area (TPSA) is 25.8 Å². The van der Waals surface area contributed by atoms with Crippen molar-refractivity contribution in [1.29, 1.82) is 0 Å². The average Bonchev–Trinajstić information content (AvgIpc) is 2.23. The molecule has 0 aliphatic rings. The maximum absolute atomic E-state index is 13.3. The standard InChI is InChI=1S/C11H10BrFN2/c1-3-9-14-10-6(2)8(13)5-4-7(10)11(12)15-9/h4-5H,3H2,1-2H3. The number of nitrogens with zero attached hydrogens (tertiary/aromatic N) is 2. The van der Waals surface area contributed by atoms with Gasteiger partial charge in [0.15, 0.2) is 0 Å². The molecule has 0 amide bonds. The van der Waals surface area contributed by atoms with Gasteiger partial charge < -0.3 is 0 Å². The summed E-state index contributed by atoms with van der Waals surface area (Å²) in [5.74, 6) is 0.498. The van der Waals surface area contributed by atoms with Crippen LogP contribution in [-0.2, 0) is 6.42 Å². The Morgan fingerprint density at radius 3 is 2.73 bits per heavy atom. The summed E-state index contributed by atoms with van der Waals surface area (Å²) in [4.78, 5) is 8.61. The van der Waals surface area contributed by atoms with Crippen molar-refractivity contribution in [2.24, 2.45) is 0 Å². The second kappa shape index (κ2) is 3.85. The molecule has 0 bridgehead atoms. The molecule has 15 heavy (non-hydrogen) atoms. The lowest BCUT2D eigenvalue weighted by atomic mass is 10.1. The first-order valence-electron chi connectivity index (χ1n) is 4.74. The van der Waals surface area contributed by atoms with E-state index < -0.39 is 0 Å². The van der Waals surface area contributed by atoms with Gasteiger partial charge >= 0.3 is 0 Å². The molecule has 2 aromatic rings. The van der Waals surface area contributed by atoms with Gasteiger partial charge in [-0.25, -0.2) is 14.4 Å². The van der Waals surface area contributed by atoms with Crippen molar-refractivity contribution in [3.05, 3.63) is 33.9 Å². The SMILES string of the molecule is CCc1nc(Br)c2ccc(F)c(C)c2n1. The molecule has 0 N–H and O–H groups in total. The number of benzene rings is 1. The first-order chi connectivity index (χ1) is 7.13. The van der Waals surface area contributed by atoms with Crippen molar-refractivity contribution in [3.63, 3.8) is 0 Å². The van der Waals surface area contributed by atoms with E-state index in [2.05, 4.69) is 25.9 Å². The molecule has 0 saturated carbocycles. The zero-order valence-corrected chi connectivity index (χ0v) is 10.1. The third-order valence-corrected chi connectivity index (χ3v) is 2.98. The maximum atomic E-state index is 13.3. The minimum atomic E-state index is -0.227. The normalized spacial score (nSPS) is 10.9. The summed E-state index contributed by atoms with van der Waals surface area (Å²) >= 11 is 3.37. The van der Waals surface area contributed by atoms with E-state index in [-0.39, 0.29) is 5.82 Å². The van der Waals surface area contributed by atoms with Crippen molar-refractivity contribution in [3.8, 4) is 0 Å². The van der Waals surface area contributed by atoms with Crippen LogP contribution in [0.4, 0.5) is 4.39 Å². The summed E-state index contributed by atoms with van der Waals surface area (Å²) in [5.41, 5.74) is 1.26. The molecule has 0 atom stereocenters. The fourth-order valence-corrected chi connectivity index (χ4v) is 2.00. The first-order valence-corrected chi connectivity index (χ1v) is 5.54. The molecule has 1 heterocycles. The predicted octanol–water partition coefficient (Wildman–Crippen LogP) is 3.40. The summed E-state index contributed by atoms with van der Waals surface area (Å²) in [6.07, 6.45) is 0.741. The number of hydrogen-bond acceptors (Lipinski definition) is 2. The van der Waals surface area contributed by atoms with Crippen molar-refractivity contribution >= 4 is 26.8 Å². The minimum Gasteiger partial charge on any atom is -0.232 e. The van der Waals surface area contributed by atoms with Gasteiger partial charge in [-0.2, -0.15) is 0 Å². The van der Waals surface area contributed by atoms with E-state index in [4.69, 9.17) is 0 Å². The summed E-state index contributed by atoms with van der Waals surface area (Å²) in [6, 6.07) is 3.14. The Balaban J connectivity index is 2.86. The maximum Gasteiger partial charge on any atom is 0.130 e. The van der Waals surface area contributed by atoms with Crippen LogP contribution in [0, 0.1) is 12.7 Å². The van der Waals surface area contributed by atoms with Crippen molar-refractivity contribution < 1.29 is 4.39 Å². The predicted molar refractivity (Wildman–Crippen MR) is 61.3 cm³/mol. The van der Waals surface area contributed by atoms with E-state index in [1.54, 1.807) is 13.0 Å². The molecule has 1 aromatic carbocycles. The quantitative estimate of drug-likeness (QED) is 0.741. The molecule has 0 aliphatic heterocycles. The third kappa shape index (κ3) is 1.74. The number of halogens is 2. The van der Waals surface area contributed by atoms with E-state index in [0.29, 0.717) is 11.1 Å². The fraction of sp³-hybridized carbons (Fsp3) is 0.273. The number of rotatable bonds is 1. The molecule has 0 radical (unpaired) electrons. The number of hydrogen-bond donors (Lipinski definition) is 0. The van der Waals surface area contributed by atoms with Crippen molar-refractivity contribution in [1.82, 2.24) is 9.97 Å². The zero-order chi connectivity index (χ0) is 11.0. The molecule has 2 nitrogen and oxygen atoms in total. The van der Waals surface area contributed by atoms with Gasteiger partial charge in [0.2, 0.25) is 0 Å². The molecule has 2 rings (SSSR count). The zero-order valence-electron chi connectivity index (χ0n) is 8.51. The van der Waals surface area contributed by atoms with Gasteiger partial charge in [-0.15, -0.1) is 0 Å². The van der Waals surface area contributed by atoms with Gasteiger partial charge in [0.05, 0.1) is 5.52 Å². The third-order valence-electron chi connectivity index (χ3n) is 2.37. The molecule has 78 valence electrons. The Labute approximate surface area is 95.7 Å². The second-order valence-electron chi connectivity index (χ2n) is 3.35. The van der Waals surface area contributed by atoms with Crippen LogP contribution in [0.5, 0.6) is 0 Å². The molecule has 0 aliphatic carbocycles. The highest BCUT2D eigenvalue weighted by Gasteiger charge is 2.09. The fourth-order valence-electron chi connectivity index (χ4n) is 1.47. The van der Waals surface area contributed by atoms with E-state index >= 15 is 0 Å². The Kier molecular flexibility index (Phi) is 2.69. The van der Waals surface area contributed by atoms with Crippen LogP contribution in [-0.4, -0.2) is 9.97 Å². The Morgan fingerprint density at radius 1 is 1.33 bits per heavy atom. The van der Waals surface area contributed by atoms with Crippen molar-refractivity contribution in [2.75, 3.05) is 0 Å². The molecule has 0 fully saturated rings. The van der Waals surface area contributed by atoms with Gasteiger partial charge in [-0.05, 0) is 35.0 Å². The molecular formula is C11H10BrFN2. The van der Waals surface area contributed by atoms with Crippen LogP contribution in [0.2, 0.25) is 0 Å². The van der Waals surface area contributed by atoms with Crippen molar-refractivity contribution in [2.45, 2.75) is 20.3 Å². The molecular weight excluding hydrogens is 259 g/mol. The Bertz CT molecular complexity index is 525. The number of aryl methyl sites for hydroxylation is 2. The lowest BCUT2D eigenvalue weighted by molar-refractivity contribution is 0.620. The van der Waals surface area contributed by atoms with E-state index in [9.17, 15) is 4.39 Å². The molecule has 4 heteroatoms. The van der Waals surface area contributed by atoms with Crippen LogP contribution in [0.3, 0.4) is 0 Å². The average molecular weight is 269 g/mol. The molecule has 0 spiro atoms. The highest BCUT2D eigenvalue weighted by Crippen LogP contribution is 2.25. The van der Waals surface area contributed by atoms with E-state index in [1.165, 1.54) is 6.07 Å². The second-order valence-corrected chi connectivity index (χ2v) is 4.10. The highest BCUT2D eigenvalue weighted by molar-refractivity contribution is 9.10. The summed E-state index contributed by atoms with van der Waals surface area (Å²) in [5, 5.41) is 0.853. The van der Waals surface area contributed by atoms with E-state index in [0.717, 1.165) is 22.2 Å². The Hall–Kier alpha value is -1.03. The summed E-state index contributed by atoms with van der Waals surface area (Å²) in [7, 11) is 0. The lowest BCUT2D eigenvalue weighted by Crippen LogP contribution is -1.97. The van der Waals surface area contributed by atoms with Crippen LogP contribution >= 0.6 is 15.9 Å². The summed E-state index contributed by atoms with van der Waals surface area (Å²) in [6.45, 7) is 3.71. The van der Waals surface area contributed by atoms with Crippen LogP contribution in [0.1, 0.15) is 18.3 Å². The monoisotopic (exact) mass is 268 g/mol. The molecule has 1 aromatic heterocycles. The number of aromatic nitrogens is 2. The van der Waals surface area contributed by atoms with Gasteiger partial charge in [0, 0.05) is 17.4 Å². The minimum absolute atomic E-state index is 0.227. The first kappa shape index (κ1) is 10.5. The molecule has 0 unspecified atom stereocenters. The highest BCUT2D eigenvalue weighted by atomic mass is 79.9. The van der Waals surface area contributed by atoms with Gasteiger partial charge in [0.1, 0.15) is 16.2 Å². The van der Waals surface area contributed by atoms with Gasteiger partial charge in [0.25, 0.3) is 0 Å². The molecule has 0 saturated heterocycles. The largest absolute Gasteiger partial charge is 0.232 e. The summed E-state index contributed by atoms with van der Waals surface area (Å²) < 4.78 is 14.1.